The molecule has 0 aliphatic heterocycles. The summed E-state index contributed by atoms with van der Waals surface area (Å²) in [5.41, 5.74) is 2.58. The summed E-state index contributed by atoms with van der Waals surface area (Å²) in [5, 5.41) is 13.6. The van der Waals surface area contributed by atoms with Crippen LogP contribution in [0.4, 0.5) is 5.69 Å². The van der Waals surface area contributed by atoms with Crippen LogP contribution in [0.15, 0.2) is 65.0 Å². The average Bonchev–Trinajstić information content (AvgIpc) is 3.37. The molecule has 4 aromatic rings. The fraction of sp³-hybridized carbons (Fsp3) is 0.0588. The van der Waals surface area contributed by atoms with E-state index < -0.39 is 4.92 Å². The molecule has 0 saturated carbocycles. The first-order valence-electron chi connectivity index (χ1n) is 7.45. The number of furan rings is 1. The number of aromatic nitrogens is 3. The van der Waals surface area contributed by atoms with E-state index in [1.54, 1.807) is 36.1 Å². The minimum Gasteiger partial charge on any atom is -0.463 e. The lowest BCUT2D eigenvalue weighted by Crippen LogP contribution is -1.92. The Balaban J connectivity index is 1.51. The van der Waals surface area contributed by atoms with Gasteiger partial charge in [-0.2, -0.15) is 0 Å². The highest BCUT2D eigenvalue weighted by molar-refractivity contribution is 7.10. The van der Waals surface area contributed by atoms with Crippen LogP contribution in [-0.2, 0) is 6.42 Å². The van der Waals surface area contributed by atoms with E-state index in [9.17, 15) is 10.1 Å². The van der Waals surface area contributed by atoms with Gasteiger partial charge in [0.2, 0.25) is 0 Å². The topological polar surface area (TPSA) is 87.0 Å². The molecule has 0 N–H and O–H groups in total. The lowest BCUT2D eigenvalue weighted by molar-refractivity contribution is -0.384. The Bertz CT molecular complexity index is 1000. The van der Waals surface area contributed by atoms with Gasteiger partial charge in [0.05, 0.1) is 28.2 Å². The van der Waals surface area contributed by atoms with Gasteiger partial charge in [-0.05, 0) is 24.3 Å². The van der Waals surface area contributed by atoms with Gasteiger partial charge in [0.25, 0.3) is 5.69 Å². The summed E-state index contributed by atoms with van der Waals surface area (Å²) in [5.74, 6) is 0.749. The zero-order chi connectivity index (χ0) is 17.2. The highest BCUT2D eigenvalue weighted by atomic mass is 32.1. The maximum absolute atomic E-state index is 10.7. The Kier molecular flexibility index (Phi) is 3.87. The lowest BCUT2D eigenvalue weighted by atomic mass is 10.3. The second-order valence-electron chi connectivity index (χ2n) is 5.33. The Morgan fingerprint density at radius 2 is 2.08 bits per heavy atom. The molecule has 3 heterocycles. The summed E-state index contributed by atoms with van der Waals surface area (Å²) < 4.78 is 7.18. The Morgan fingerprint density at radius 1 is 1.24 bits per heavy atom. The van der Waals surface area contributed by atoms with Gasteiger partial charge < -0.3 is 8.98 Å². The van der Waals surface area contributed by atoms with Crippen LogP contribution in [0.1, 0.15) is 10.7 Å². The van der Waals surface area contributed by atoms with E-state index in [0.29, 0.717) is 6.42 Å². The third-order valence-electron chi connectivity index (χ3n) is 3.65. The normalized spacial score (nSPS) is 10.9. The van der Waals surface area contributed by atoms with E-state index in [4.69, 9.17) is 4.42 Å². The SMILES string of the molecule is O=[N+]([O-])c1ccc(-n2cnc(Cc3nc(-c4ccco4)cs3)c2)cc1. The third-order valence-corrected chi connectivity index (χ3v) is 4.50. The maximum atomic E-state index is 10.7. The molecule has 0 bridgehead atoms. The van der Waals surface area contributed by atoms with E-state index in [-0.39, 0.29) is 5.69 Å². The number of nitro groups is 1. The zero-order valence-electron chi connectivity index (χ0n) is 12.9. The molecule has 0 unspecified atom stereocenters. The number of thiazole rings is 1. The van der Waals surface area contributed by atoms with Gasteiger partial charge in [-0.15, -0.1) is 11.3 Å². The van der Waals surface area contributed by atoms with Crippen molar-refractivity contribution in [2.24, 2.45) is 0 Å². The summed E-state index contributed by atoms with van der Waals surface area (Å²) in [4.78, 5) is 19.3. The van der Waals surface area contributed by atoms with E-state index in [2.05, 4.69) is 9.97 Å². The number of benzene rings is 1. The van der Waals surface area contributed by atoms with E-state index in [0.717, 1.165) is 27.8 Å². The van der Waals surface area contributed by atoms with E-state index >= 15 is 0 Å². The van der Waals surface area contributed by atoms with Gasteiger partial charge in [0.1, 0.15) is 5.69 Å². The van der Waals surface area contributed by atoms with Crippen molar-refractivity contribution in [2.45, 2.75) is 6.42 Å². The molecule has 0 aliphatic carbocycles. The molecule has 25 heavy (non-hydrogen) atoms. The van der Waals surface area contributed by atoms with Crippen molar-refractivity contribution >= 4 is 17.0 Å². The predicted molar refractivity (Wildman–Crippen MR) is 92.8 cm³/mol. The second-order valence-corrected chi connectivity index (χ2v) is 6.27. The van der Waals surface area contributed by atoms with Crippen LogP contribution < -0.4 is 0 Å². The smallest absolute Gasteiger partial charge is 0.269 e. The summed E-state index contributed by atoms with van der Waals surface area (Å²) >= 11 is 1.56. The van der Waals surface area contributed by atoms with Gasteiger partial charge >= 0.3 is 0 Å². The number of nitrogens with zero attached hydrogens (tertiary/aromatic N) is 4. The predicted octanol–water partition coefficient (Wildman–Crippen LogP) is 4.09. The van der Waals surface area contributed by atoms with Crippen molar-refractivity contribution in [3.8, 4) is 17.1 Å². The monoisotopic (exact) mass is 352 g/mol. The van der Waals surface area contributed by atoms with Crippen molar-refractivity contribution in [1.82, 2.24) is 14.5 Å². The van der Waals surface area contributed by atoms with Gasteiger partial charge in [-0.3, -0.25) is 10.1 Å². The first-order valence-corrected chi connectivity index (χ1v) is 8.33. The summed E-state index contributed by atoms with van der Waals surface area (Å²) in [6.45, 7) is 0. The number of rotatable bonds is 5. The maximum Gasteiger partial charge on any atom is 0.269 e. The molecule has 3 aromatic heterocycles. The molecule has 0 aliphatic rings. The Labute approximate surface area is 146 Å². The number of hydrogen-bond acceptors (Lipinski definition) is 6. The number of nitro benzene ring substituents is 1. The van der Waals surface area contributed by atoms with Crippen molar-refractivity contribution < 1.29 is 9.34 Å². The van der Waals surface area contributed by atoms with Crippen LogP contribution in [0.5, 0.6) is 0 Å². The van der Waals surface area contributed by atoms with Crippen LogP contribution >= 0.6 is 11.3 Å². The lowest BCUT2D eigenvalue weighted by Gasteiger charge is -2.00. The highest BCUT2D eigenvalue weighted by Crippen LogP contribution is 2.24. The molecular weight excluding hydrogens is 340 g/mol. The molecule has 0 fully saturated rings. The summed E-state index contributed by atoms with van der Waals surface area (Å²) in [6, 6.07) is 10.1. The first-order chi connectivity index (χ1) is 12.2. The van der Waals surface area contributed by atoms with Crippen molar-refractivity contribution in [3.63, 3.8) is 0 Å². The van der Waals surface area contributed by atoms with Crippen molar-refractivity contribution in [1.29, 1.82) is 0 Å². The minimum absolute atomic E-state index is 0.0670. The molecule has 0 amide bonds. The van der Waals surface area contributed by atoms with Gasteiger partial charge in [-0.25, -0.2) is 9.97 Å². The Morgan fingerprint density at radius 3 is 2.80 bits per heavy atom. The molecule has 8 heteroatoms. The molecule has 4 rings (SSSR count). The third kappa shape index (κ3) is 3.20. The first kappa shape index (κ1) is 15.3. The quantitative estimate of drug-likeness (QED) is 0.399. The number of hydrogen-bond donors (Lipinski definition) is 0. The van der Waals surface area contributed by atoms with Crippen molar-refractivity contribution in [3.05, 3.63) is 81.4 Å². The number of non-ortho nitro benzene ring substituents is 1. The molecule has 124 valence electrons. The Hall–Kier alpha value is -3.26. The largest absolute Gasteiger partial charge is 0.463 e. The van der Waals surface area contributed by atoms with Crippen LogP contribution in [0.3, 0.4) is 0 Å². The fourth-order valence-corrected chi connectivity index (χ4v) is 3.23. The van der Waals surface area contributed by atoms with Crippen LogP contribution in [0.25, 0.3) is 17.1 Å². The summed E-state index contributed by atoms with van der Waals surface area (Å²) in [7, 11) is 0. The van der Waals surface area contributed by atoms with Gasteiger partial charge in [0, 0.05) is 35.8 Å². The molecule has 0 spiro atoms. The van der Waals surface area contributed by atoms with Crippen LogP contribution in [0.2, 0.25) is 0 Å². The average molecular weight is 352 g/mol. The van der Waals surface area contributed by atoms with Crippen LogP contribution in [-0.4, -0.2) is 19.5 Å². The van der Waals surface area contributed by atoms with Crippen LogP contribution in [0, 0.1) is 10.1 Å². The minimum atomic E-state index is -0.414. The summed E-state index contributed by atoms with van der Waals surface area (Å²) in [6.07, 6.45) is 5.83. The number of imidazole rings is 1. The molecule has 0 saturated heterocycles. The molecule has 1 aromatic carbocycles. The van der Waals surface area contributed by atoms with E-state index in [1.165, 1.54) is 12.1 Å². The standard InChI is InChI=1S/C17H12N4O3S/c22-21(23)14-5-3-13(4-6-14)20-9-12(18-11-20)8-17-19-15(10-25-17)16-2-1-7-24-16/h1-7,9-11H,8H2. The fourth-order valence-electron chi connectivity index (χ4n) is 2.43. The van der Waals surface area contributed by atoms with Gasteiger partial charge in [-0.1, -0.05) is 0 Å². The highest BCUT2D eigenvalue weighted by Gasteiger charge is 2.10. The molecule has 0 radical (unpaired) electrons. The zero-order valence-corrected chi connectivity index (χ0v) is 13.7. The van der Waals surface area contributed by atoms with Crippen molar-refractivity contribution in [2.75, 3.05) is 0 Å². The van der Waals surface area contributed by atoms with Gasteiger partial charge in [0.15, 0.2) is 5.76 Å². The molecular formula is C17H12N4O3S. The molecule has 0 atom stereocenters. The van der Waals surface area contributed by atoms with E-state index in [1.807, 2.05) is 28.3 Å². The molecule has 7 nitrogen and oxygen atoms in total. The second kappa shape index (κ2) is 6.33.